The quantitative estimate of drug-likeness (QED) is 0.539. The lowest BCUT2D eigenvalue weighted by atomic mass is 10.2. The number of fused-ring (bicyclic) bond motifs is 1. The van der Waals surface area contributed by atoms with E-state index in [9.17, 15) is 9.18 Å². The Morgan fingerprint density at radius 3 is 3.00 bits per heavy atom. The predicted molar refractivity (Wildman–Crippen MR) is 121 cm³/mol. The summed E-state index contributed by atoms with van der Waals surface area (Å²) in [5.74, 6) is 0.618. The van der Waals surface area contributed by atoms with Crippen molar-refractivity contribution in [2.45, 2.75) is 45.5 Å². The number of hydrogen-bond donors (Lipinski definition) is 1. The van der Waals surface area contributed by atoms with Gasteiger partial charge in [-0.15, -0.1) is 11.3 Å². The number of aryl methyl sites for hydroxylation is 1. The molecule has 3 aromatic rings. The molecular formula is C22H26FN5O2S. The molecule has 9 heteroatoms. The van der Waals surface area contributed by atoms with Crippen LogP contribution in [0.3, 0.4) is 0 Å². The number of carbonyl (C=O) groups excluding carboxylic acids is 1. The van der Waals surface area contributed by atoms with Crippen molar-refractivity contribution in [2.75, 3.05) is 18.4 Å². The van der Waals surface area contributed by atoms with Crippen LogP contribution in [0.15, 0.2) is 37.2 Å². The SMILES string of the molecule is C=CC(=O)N1C[C@@H](F)[C@H](Oc2nc(Nc3ncc(C)s3)cc3c2ccn3[C@@H](C)CC)C1. The second kappa shape index (κ2) is 8.66. The molecule has 1 N–H and O–H groups in total. The van der Waals surface area contributed by atoms with Gasteiger partial charge in [-0.3, -0.25) is 4.79 Å². The Balaban J connectivity index is 1.70. The first-order valence-electron chi connectivity index (χ1n) is 10.3. The summed E-state index contributed by atoms with van der Waals surface area (Å²) in [6.45, 7) is 9.88. The fourth-order valence-electron chi connectivity index (χ4n) is 3.68. The number of pyridine rings is 1. The largest absolute Gasteiger partial charge is 0.469 e. The minimum atomic E-state index is -1.30. The molecule has 1 aliphatic heterocycles. The fraction of sp³-hybridized carbons (Fsp3) is 0.409. The Morgan fingerprint density at radius 2 is 2.32 bits per heavy atom. The van der Waals surface area contributed by atoms with Gasteiger partial charge < -0.3 is 19.5 Å². The summed E-state index contributed by atoms with van der Waals surface area (Å²) in [7, 11) is 0. The standard InChI is InChI=1S/C22H26FN5O2S/c1-5-13(3)28-8-7-15-17(28)9-19(26-22-24-10-14(4)31-22)25-21(15)30-18-12-27(11-16(18)23)20(29)6-2/h6-10,13,16,18H,2,5,11-12H2,1,3-4H3,(H,24,25,26)/t13-,16+,18+/m0/s1. The summed E-state index contributed by atoms with van der Waals surface area (Å²) in [4.78, 5) is 23.3. The number of nitrogens with zero attached hydrogens (tertiary/aromatic N) is 4. The predicted octanol–water partition coefficient (Wildman–Crippen LogP) is 4.63. The second-order valence-electron chi connectivity index (χ2n) is 7.75. The van der Waals surface area contributed by atoms with Gasteiger partial charge in [0, 0.05) is 29.4 Å². The van der Waals surface area contributed by atoms with E-state index in [1.165, 1.54) is 22.3 Å². The van der Waals surface area contributed by atoms with Crippen LogP contribution < -0.4 is 10.1 Å². The molecule has 7 nitrogen and oxygen atoms in total. The number of nitrogens with one attached hydrogen (secondary N) is 1. The third-order valence-electron chi connectivity index (χ3n) is 5.55. The molecule has 3 aromatic heterocycles. The number of aromatic nitrogens is 3. The lowest BCUT2D eigenvalue weighted by Gasteiger charge is -2.18. The van der Waals surface area contributed by atoms with E-state index in [0.717, 1.165) is 27.3 Å². The Bertz CT molecular complexity index is 1110. The molecule has 0 spiro atoms. The number of carbonyl (C=O) groups is 1. The first-order chi connectivity index (χ1) is 14.9. The van der Waals surface area contributed by atoms with Gasteiger partial charge in [0.05, 0.1) is 24.0 Å². The first kappa shape index (κ1) is 21.3. The van der Waals surface area contributed by atoms with Crippen LogP contribution >= 0.6 is 11.3 Å². The summed E-state index contributed by atoms with van der Waals surface area (Å²) in [6, 6.07) is 4.18. The Labute approximate surface area is 184 Å². The molecule has 0 bridgehead atoms. The van der Waals surface area contributed by atoms with Crippen molar-refractivity contribution < 1.29 is 13.9 Å². The van der Waals surface area contributed by atoms with Crippen molar-refractivity contribution >= 4 is 39.1 Å². The van der Waals surface area contributed by atoms with E-state index in [-0.39, 0.29) is 25.0 Å². The van der Waals surface area contributed by atoms with Crippen molar-refractivity contribution in [2.24, 2.45) is 0 Å². The third kappa shape index (κ3) is 4.27. The number of alkyl halides is 1. The Kier molecular flexibility index (Phi) is 5.95. The number of likely N-dealkylation sites (tertiary alicyclic amines) is 1. The molecule has 1 saturated heterocycles. The minimum absolute atomic E-state index is 0.0110. The van der Waals surface area contributed by atoms with E-state index in [2.05, 4.69) is 40.3 Å². The average molecular weight is 444 g/mol. The van der Waals surface area contributed by atoms with Gasteiger partial charge in [-0.2, -0.15) is 4.98 Å². The summed E-state index contributed by atoms with van der Waals surface area (Å²) >= 11 is 1.53. The van der Waals surface area contributed by atoms with Gasteiger partial charge in [-0.05, 0) is 32.4 Å². The molecule has 4 rings (SSSR count). The molecule has 0 unspecified atom stereocenters. The van der Waals surface area contributed by atoms with Gasteiger partial charge in [0.2, 0.25) is 11.8 Å². The van der Waals surface area contributed by atoms with Crippen LogP contribution in [0, 0.1) is 6.92 Å². The summed E-state index contributed by atoms with van der Waals surface area (Å²) in [5.41, 5.74) is 0.947. The Hall–Kier alpha value is -2.94. The highest BCUT2D eigenvalue weighted by molar-refractivity contribution is 7.15. The van der Waals surface area contributed by atoms with Gasteiger partial charge in [-0.25, -0.2) is 9.37 Å². The highest BCUT2D eigenvalue weighted by Crippen LogP contribution is 2.33. The molecule has 0 aromatic carbocycles. The second-order valence-corrected chi connectivity index (χ2v) is 8.98. The van der Waals surface area contributed by atoms with Crippen molar-refractivity contribution in [3.63, 3.8) is 0 Å². The third-order valence-corrected chi connectivity index (χ3v) is 6.38. The maximum absolute atomic E-state index is 14.6. The molecule has 164 valence electrons. The number of rotatable bonds is 7. The van der Waals surface area contributed by atoms with Crippen LogP contribution in [-0.2, 0) is 4.79 Å². The van der Waals surface area contributed by atoms with Crippen LogP contribution in [0.2, 0.25) is 0 Å². The van der Waals surface area contributed by atoms with Crippen LogP contribution in [0.5, 0.6) is 5.88 Å². The molecule has 1 fully saturated rings. The van der Waals surface area contributed by atoms with Gasteiger partial charge in [0.1, 0.15) is 5.82 Å². The minimum Gasteiger partial charge on any atom is -0.469 e. The highest BCUT2D eigenvalue weighted by atomic mass is 32.1. The molecule has 1 amide bonds. The van der Waals surface area contributed by atoms with E-state index >= 15 is 0 Å². The Morgan fingerprint density at radius 1 is 1.52 bits per heavy atom. The molecule has 0 saturated carbocycles. The lowest BCUT2D eigenvalue weighted by molar-refractivity contribution is -0.125. The molecule has 31 heavy (non-hydrogen) atoms. The van der Waals surface area contributed by atoms with Crippen molar-refractivity contribution in [1.29, 1.82) is 0 Å². The number of amides is 1. The molecule has 0 aliphatic carbocycles. The molecule has 3 atom stereocenters. The fourth-order valence-corrected chi connectivity index (χ4v) is 4.35. The van der Waals surface area contributed by atoms with Gasteiger partial charge in [0.15, 0.2) is 17.4 Å². The van der Waals surface area contributed by atoms with Crippen LogP contribution in [0.25, 0.3) is 10.9 Å². The van der Waals surface area contributed by atoms with Gasteiger partial charge in [-0.1, -0.05) is 13.5 Å². The zero-order valence-electron chi connectivity index (χ0n) is 17.8. The van der Waals surface area contributed by atoms with E-state index in [0.29, 0.717) is 11.7 Å². The number of ether oxygens (including phenoxy) is 1. The maximum Gasteiger partial charge on any atom is 0.246 e. The molecule has 0 radical (unpaired) electrons. The maximum atomic E-state index is 14.6. The zero-order chi connectivity index (χ0) is 22.1. The van der Waals surface area contributed by atoms with E-state index in [4.69, 9.17) is 4.74 Å². The number of halogens is 1. The smallest absolute Gasteiger partial charge is 0.246 e. The highest BCUT2D eigenvalue weighted by Gasteiger charge is 2.37. The van der Waals surface area contributed by atoms with E-state index < -0.39 is 12.3 Å². The molecule has 1 aliphatic rings. The van der Waals surface area contributed by atoms with E-state index in [1.54, 1.807) is 6.20 Å². The van der Waals surface area contributed by atoms with Crippen molar-refractivity contribution in [3.05, 3.63) is 42.1 Å². The van der Waals surface area contributed by atoms with Gasteiger partial charge in [0.25, 0.3) is 0 Å². The van der Waals surface area contributed by atoms with Crippen molar-refractivity contribution in [3.8, 4) is 5.88 Å². The number of hydrogen-bond acceptors (Lipinski definition) is 6. The molecular weight excluding hydrogens is 417 g/mol. The van der Waals surface area contributed by atoms with Crippen LogP contribution in [-0.4, -0.2) is 50.7 Å². The normalized spacial score (nSPS) is 19.5. The zero-order valence-corrected chi connectivity index (χ0v) is 18.7. The molecule has 4 heterocycles. The summed E-state index contributed by atoms with van der Waals surface area (Å²) in [6.07, 6.45) is 3.87. The van der Waals surface area contributed by atoms with Crippen LogP contribution in [0.1, 0.15) is 31.2 Å². The van der Waals surface area contributed by atoms with Gasteiger partial charge >= 0.3 is 0 Å². The number of thiazole rings is 1. The number of anilines is 2. The summed E-state index contributed by atoms with van der Waals surface area (Å²) < 4.78 is 22.9. The topological polar surface area (TPSA) is 72.3 Å². The van der Waals surface area contributed by atoms with Crippen molar-refractivity contribution in [1.82, 2.24) is 19.4 Å². The van der Waals surface area contributed by atoms with Crippen LogP contribution in [0.4, 0.5) is 15.3 Å². The lowest BCUT2D eigenvalue weighted by Crippen LogP contribution is -2.30. The van der Waals surface area contributed by atoms with E-state index in [1.807, 2.05) is 25.3 Å². The first-order valence-corrected chi connectivity index (χ1v) is 11.1. The average Bonchev–Trinajstić information content (AvgIpc) is 3.46. The summed E-state index contributed by atoms with van der Waals surface area (Å²) in [5, 5.41) is 4.77. The monoisotopic (exact) mass is 443 g/mol.